The molecule has 2 aromatic heterocycles. The van der Waals surface area contributed by atoms with Crippen molar-refractivity contribution in [1.82, 2.24) is 19.7 Å². The molecule has 1 amide bonds. The van der Waals surface area contributed by atoms with Gasteiger partial charge >= 0.3 is 5.69 Å². The number of halogens is 1. The van der Waals surface area contributed by atoms with E-state index in [0.29, 0.717) is 48.1 Å². The van der Waals surface area contributed by atoms with Gasteiger partial charge in [-0.2, -0.15) is 10.1 Å². The lowest BCUT2D eigenvalue weighted by molar-refractivity contribution is 0.0131. The average Bonchev–Trinajstić information content (AvgIpc) is 3.39. The highest BCUT2D eigenvalue weighted by Gasteiger charge is 2.44. The number of benzene rings is 2. The van der Waals surface area contributed by atoms with Gasteiger partial charge in [-0.1, -0.05) is 36.7 Å². The molecule has 0 saturated heterocycles. The lowest BCUT2D eigenvalue weighted by Gasteiger charge is -2.46. The van der Waals surface area contributed by atoms with Crippen LogP contribution in [0.3, 0.4) is 0 Å². The van der Waals surface area contributed by atoms with Gasteiger partial charge in [-0.15, -0.1) is 4.36 Å². The zero-order chi connectivity index (χ0) is 36.2. The van der Waals surface area contributed by atoms with E-state index in [2.05, 4.69) is 53.3 Å². The lowest BCUT2D eigenvalue weighted by atomic mass is 9.68. The number of rotatable bonds is 3. The SMILES string of the molecule is CO[C@H]1/C=C\C[C@H](C)CS(=O)(Nc2nc(=O)[nH]c3nn(C)cc23)=NC(=O)c2ccc3c(c2)N(C[C@@H]2CC[C@H]21)C[C@@]1(CCCc2cc(Cl)ccc21)CO3. The Labute approximate surface area is 308 Å². The van der Waals surface area contributed by atoms with Crippen LogP contribution in [0.2, 0.25) is 5.02 Å². The number of nitrogens with zero attached hydrogens (tertiary/aromatic N) is 5. The number of ether oxygens (including phenoxy) is 2. The number of aromatic nitrogens is 4. The van der Waals surface area contributed by atoms with Crippen molar-refractivity contribution in [3.8, 4) is 5.75 Å². The maximum atomic E-state index is 14.8. The molecule has 4 aromatic rings. The molecular formula is C38H44ClN7O5S. The molecule has 2 N–H and O–H groups in total. The first kappa shape index (κ1) is 34.9. The standard InChI is InChI=1S/C38H44ClN7O5S/c1-23-6-4-8-32(50-3)28-12-9-26(28)18-46-21-38(15-5-7-24-16-27(39)11-13-30(24)38)22-51-33-14-10-25(17-31(33)46)36(47)44-52(49,20-23)43-35-29-19-45(2)42-34(29)40-37(48)41-35/h4,8,10-11,13-14,16-17,19,23,26,28,32H,5-7,9,12,15,18,20-22H2,1-3H3,(H2,40,41,42,43,44,47,48,49)/b8-4-/t23-,26-,28+,32-,38-,52?/m0/s1. The number of methoxy groups -OCH3 is 1. The van der Waals surface area contributed by atoms with Crippen LogP contribution in [-0.2, 0) is 33.5 Å². The van der Waals surface area contributed by atoms with Crippen LogP contribution in [0, 0.1) is 17.8 Å². The zero-order valence-corrected chi connectivity index (χ0v) is 31.2. The van der Waals surface area contributed by atoms with Crippen molar-refractivity contribution in [2.75, 3.05) is 42.2 Å². The van der Waals surface area contributed by atoms with E-state index in [1.165, 1.54) is 15.8 Å². The average molecular weight is 746 g/mol. The van der Waals surface area contributed by atoms with E-state index in [-0.39, 0.29) is 34.7 Å². The summed E-state index contributed by atoms with van der Waals surface area (Å²) in [5.41, 5.74) is 3.03. The molecule has 2 aliphatic heterocycles. The first-order valence-electron chi connectivity index (χ1n) is 18.0. The molecule has 1 fully saturated rings. The fourth-order valence-electron chi connectivity index (χ4n) is 8.64. The van der Waals surface area contributed by atoms with Crippen molar-refractivity contribution in [1.29, 1.82) is 0 Å². The van der Waals surface area contributed by atoms with Gasteiger partial charge in [0.2, 0.25) is 0 Å². The van der Waals surface area contributed by atoms with Crippen LogP contribution >= 0.6 is 11.6 Å². The molecule has 2 aromatic carbocycles. The Morgan fingerprint density at radius 2 is 2.04 bits per heavy atom. The third-order valence-corrected chi connectivity index (χ3v) is 13.5. The second-order valence-electron chi connectivity index (χ2n) is 15.0. The van der Waals surface area contributed by atoms with Gasteiger partial charge in [0.25, 0.3) is 5.91 Å². The summed E-state index contributed by atoms with van der Waals surface area (Å²) in [6.07, 6.45) is 11.5. The monoisotopic (exact) mass is 745 g/mol. The minimum Gasteiger partial charge on any atom is -0.490 e. The number of aryl methyl sites for hydroxylation is 2. The maximum absolute atomic E-state index is 14.8. The van der Waals surface area contributed by atoms with Gasteiger partial charge < -0.3 is 14.4 Å². The third-order valence-electron chi connectivity index (χ3n) is 11.3. The third kappa shape index (κ3) is 6.62. The van der Waals surface area contributed by atoms with Crippen LogP contribution in [0.5, 0.6) is 5.75 Å². The maximum Gasteiger partial charge on any atom is 0.348 e. The van der Waals surface area contributed by atoms with Crippen molar-refractivity contribution < 1.29 is 18.5 Å². The minimum absolute atomic E-state index is 0.0368. The normalized spacial score (nSPS) is 29.6. The van der Waals surface area contributed by atoms with Crippen molar-refractivity contribution in [2.24, 2.45) is 29.2 Å². The van der Waals surface area contributed by atoms with E-state index in [9.17, 15) is 13.8 Å². The summed E-state index contributed by atoms with van der Waals surface area (Å²) < 4.78 is 36.4. The van der Waals surface area contributed by atoms with Gasteiger partial charge in [-0.3, -0.25) is 19.2 Å². The first-order chi connectivity index (χ1) is 25.0. The van der Waals surface area contributed by atoms with Crippen LogP contribution in [0.25, 0.3) is 11.0 Å². The Bertz CT molecular complexity index is 2260. The van der Waals surface area contributed by atoms with Gasteiger partial charge in [0.1, 0.15) is 15.7 Å². The molecule has 1 spiro atoms. The summed E-state index contributed by atoms with van der Waals surface area (Å²) in [5.74, 6) is 0.752. The van der Waals surface area contributed by atoms with E-state index in [0.717, 1.165) is 49.4 Å². The highest BCUT2D eigenvalue weighted by molar-refractivity contribution is 7.95. The van der Waals surface area contributed by atoms with Gasteiger partial charge in [0.05, 0.1) is 29.5 Å². The number of amides is 1. The van der Waals surface area contributed by atoms with Crippen LogP contribution < -0.4 is 20.0 Å². The Kier molecular flexibility index (Phi) is 9.15. The molecule has 12 nitrogen and oxygen atoms in total. The number of carbonyl (C=O) groups excluding carboxylic acids is 1. The van der Waals surface area contributed by atoms with Crippen molar-refractivity contribution in [3.05, 3.63) is 86.9 Å². The van der Waals surface area contributed by atoms with Crippen LogP contribution in [0.4, 0.5) is 11.5 Å². The number of hydrogen-bond donors (Lipinski definition) is 2. The molecule has 2 bridgehead atoms. The topological polar surface area (TPSA) is 144 Å². The van der Waals surface area contributed by atoms with Gasteiger partial charge in [-0.25, -0.2) is 9.00 Å². The van der Waals surface area contributed by atoms with E-state index < -0.39 is 21.5 Å². The zero-order valence-electron chi connectivity index (χ0n) is 29.6. The summed E-state index contributed by atoms with van der Waals surface area (Å²) in [5, 5.41) is 5.48. The summed E-state index contributed by atoms with van der Waals surface area (Å²) in [4.78, 5) is 35.7. The van der Waals surface area contributed by atoms with Crippen molar-refractivity contribution >= 4 is 50.0 Å². The predicted octanol–water partition coefficient (Wildman–Crippen LogP) is 6.06. The Balaban J connectivity index is 1.23. The molecule has 52 heavy (non-hydrogen) atoms. The first-order valence-corrected chi connectivity index (χ1v) is 20.1. The highest BCUT2D eigenvalue weighted by atomic mass is 35.5. The lowest BCUT2D eigenvalue weighted by Crippen LogP contribution is -2.49. The number of aromatic amines is 1. The molecule has 4 aliphatic rings. The Morgan fingerprint density at radius 1 is 1.17 bits per heavy atom. The molecule has 1 unspecified atom stereocenters. The van der Waals surface area contributed by atoms with E-state index >= 15 is 0 Å². The number of nitrogens with one attached hydrogen (secondary N) is 2. The van der Waals surface area contributed by atoms with Gasteiger partial charge in [-0.05, 0) is 97.7 Å². The minimum atomic E-state index is -3.49. The smallest absolute Gasteiger partial charge is 0.348 e. The van der Waals surface area contributed by atoms with Crippen LogP contribution in [0.15, 0.2) is 63.9 Å². The molecule has 8 rings (SSSR count). The Hall–Kier alpha value is -4.20. The second-order valence-corrected chi connectivity index (χ2v) is 17.5. The number of hydrogen-bond acceptors (Lipinski definition) is 8. The van der Waals surface area contributed by atoms with Crippen LogP contribution in [0.1, 0.15) is 60.5 Å². The molecule has 6 atom stereocenters. The van der Waals surface area contributed by atoms with Gasteiger partial charge in [0.15, 0.2) is 11.5 Å². The fourth-order valence-corrected chi connectivity index (χ4v) is 10.8. The number of H-pyrrole nitrogens is 1. The number of anilines is 2. The molecule has 274 valence electrons. The van der Waals surface area contributed by atoms with Crippen molar-refractivity contribution in [3.63, 3.8) is 0 Å². The van der Waals surface area contributed by atoms with E-state index in [1.54, 1.807) is 26.4 Å². The summed E-state index contributed by atoms with van der Waals surface area (Å²) in [6, 6.07) is 11.6. The summed E-state index contributed by atoms with van der Waals surface area (Å²) in [7, 11) is -0.0136. The molecule has 1 saturated carbocycles. The van der Waals surface area contributed by atoms with E-state index in [4.69, 9.17) is 21.1 Å². The largest absolute Gasteiger partial charge is 0.490 e. The molecular weight excluding hydrogens is 702 g/mol. The van der Waals surface area contributed by atoms with Crippen LogP contribution in [-0.4, -0.2) is 68.5 Å². The van der Waals surface area contributed by atoms with Crippen molar-refractivity contribution in [2.45, 2.75) is 57.0 Å². The summed E-state index contributed by atoms with van der Waals surface area (Å²) in [6.45, 7) is 3.96. The summed E-state index contributed by atoms with van der Waals surface area (Å²) >= 11 is 6.47. The molecule has 4 heterocycles. The predicted molar refractivity (Wildman–Crippen MR) is 203 cm³/mol. The molecule has 0 radical (unpaired) electrons. The molecule has 14 heteroatoms. The number of fused-ring (bicyclic) bond motifs is 5. The Morgan fingerprint density at radius 3 is 2.85 bits per heavy atom. The number of allylic oxidation sites excluding steroid dienone is 1. The van der Waals surface area contributed by atoms with Gasteiger partial charge in [0, 0.05) is 49.4 Å². The number of carbonyl (C=O) groups is 1. The fraction of sp³-hybridized carbons (Fsp3) is 0.474. The highest BCUT2D eigenvalue weighted by Crippen LogP contribution is 2.47. The molecule has 2 aliphatic carbocycles. The second kappa shape index (κ2) is 13.7. The quantitative estimate of drug-likeness (QED) is 0.241. The van der Waals surface area contributed by atoms with E-state index in [1.807, 2.05) is 25.1 Å².